The van der Waals surface area contributed by atoms with Crippen LogP contribution in [0.15, 0.2) is 48.7 Å². The first-order valence-corrected chi connectivity index (χ1v) is 9.71. The molecule has 5 nitrogen and oxygen atoms in total. The van der Waals surface area contributed by atoms with Gasteiger partial charge in [-0.3, -0.25) is 0 Å². The van der Waals surface area contributed by atoms with Gasteiger partial charge in [-0.2, -0.15) is 0 Å². The average Bonchev–Trinajstić information content (AvgIpc) is 3.16. The normalized spacial score (nSPS) is 16.9. The second-order valence-electron chi connectivity index (χ2n) is 7.15. The number of hydrogen-bond acceptors (Lipinski definition) is 3. The molecule has 0 saturated carbocycles. The number of aromatic amines is 1. The predicted octanol–water partition coefficient (Wildman–Crippen LogP) is 1.94. The number of aromatic nitrogens is 1. The largest absolute Gasteiger partial charge is 0.454 e. The van der Waals surface area contributed by atoms with E-state index in [1.807, 2.05) is 24.4 Å². The van der Waals surface area contributed by atoms with E-state index < -0.39 is 0 Å². The molecule has 3 aromatic rings. The van der Waals surface area contributed by atoms with E-state index in [9.17, 15) is 0 Å². The number of fused-ring (bicyclic) bond motifs is 2. The standard InChI is InChI=1S/C21H20ClN3O2/c22-16-2-3-17-18(12-16)23-6-5-19(17)25-9-7-24(8-10-25)13-15-1-4-20-21(11-15)27-14-26-20/h1-6,11-12H,7-10,13-14H2/p+2. The summed E-state index contributed by atoms with van der Waals surface area (Å²) in [6, 6.07) is 14.5. The lowest BCUT2D eigenvalue weighted by molar-refractivity contribution is -0.914. The molecule has 2 aromatic carbocycles. The second-order valence-corrected chi connectivity index (χ2v) is 7.59. The molecule has 3 heterocycles. The zero-order valence-corrected chi connectivity index (χ0v) is 15.8. The highest BCUT2D eigenvalue weighted by Crippen LogP contribution is 2.32. The average molecular weight is 384 g/mol. The number of rotatable bonds is 3. The van der Waals surface area contributed by atoms with Crippen LogP contribution in [0, 0.1) is 0 Å². The third-order valence-electron chi connectivity index (χ3n) is 5.44. The van der Waals surface area contributed by atoms with Crippen LogP contribution in [0.25, 0.3) is 10.9 Å². The van der Waals surface area contributed by atoms with Crippen LogP contribution in [0.1, 0.15) is 5.56 Å². The van der Waals surface area contributed by atoms with Gasteiger partial charge in [0.2, 0.25) is 12.3 Å². The number of H-pyrrole nitrogens is 1. The zero-order valence-electron chi connectivity index (χ0n) is 15.0. The summed E-state index contributed by atoms with van der Waals surface area (Å²) in [6.45, 7) is 5.66. The van der Waals surface area contributed by atoms with E-state index in [1.54, 1.807) is 4.90 Å². The van der Waals surface area contributed by atoms with Crippen LogP contribution in [-0.4, -0.2) is 33.0 Å². The molecule has 1 aromatic heterocycles. The Bertz CT molecular complexity index is 986. The first kappa shape index (κ1) is 16.7. The Labute approximate surface area is 163 Å². The number of anilines is 1. The molecule has 138 valence electrons. The molecule has 0 atom stereocenters. The van der Waals surface area contributed by atoms with Crippen molar-refractivity contribution in [2.24, 2.45) is 0 Å². The lowest BCUT2D eigenvalue weighted by Crippen LogP contribution is -3.13. The summed E-state index contributed by atoms with van der Waals surface area (Å²) in [5, 5.41) is 1.98. The van der Waals surface area contributed by atoms with Gasteiger partial charge < -0.3 is 19.3 Å². The zero-order chi connectivity index (χ0) is 18.2. The molecule has 27 heavy (non-hydrogen) atoms. The van der Waals surface area contributed by atoms with Crippen LogP contribution in [0.5, 0.6) is 11.5 Å². The summed E-state index contributed by atoms with van der Waals surface area (Å²) >= 11 is 6.13. The van der Waals surface area contributed by atoms with Gasteiger partial charge in [-0.25, -0.2) is 4.98 Å². The van der Waals surface area contributed by atoms with Crippen molar-refractivity contribution < 1.29 is 19.4 Å². The van der Waals surface area contributed by atoms with Crippen molar-refractivity contribution in [2.75, 3.05) is 37.9 Å². The molecule has 2 aliphatic rings. The van der Waals surface area contributed by atoms with Gasteiger partial charge >= 0.3 is 0 Å². The number of nitrogens with one attached hydrogen (secondary N) is 2. The molecule has 2 aliphatic heterocycles. The van der Waals surface area contributed by atoms with Gasteiger partial charge in [-0.15, -0.1) is 0 Å². The summed E-state index contributed by atoms with van der Waals surface area (Å²) < 4.78 is 10.9. The van der Waals surface area contributed by atoms with Crippen molar-refractivity contribution in [3.05, 3.63) is 59.2 Å². The molecule has 0 amide bonds. The number of ether oxygens (including phenoxy) is 2. The molecule has 0 radical (unpaired) electrons. The SMILES string of the molecule is Clc1ccc2c(N3CC[NH+](Cc4ccc5c(c4)OCO5)CC3)cc[nH+]c2c1. The molecule has 1 fully saturated rings. The number of nitrogens with zero attached hydrogens (tertiary/aromatic N) is 1. The van der Waals surface area contributed by atoms with Crippen LogP contribution in [0.3, 0.4) is 0 Å². The van der Waals surface area contributed by atoms with E-state index in [0.717, 1.165) is 54.8 Å². The highest BCUT2D eigenvalue weighted by atomic mass is 35.5. The van der Waals surface area contributed by atoms with Gasteiger partial charge in [0.15, 0.2) is 17.7 Å². The highest BCUT2D eigenvalue weighted by Gasteiger charge is 2.23. The summed E-state index contributed by atoms with van der Waals surface area (Å²) in [5.74, 6) is 1.72. The lowest BCUT2D eigenvalue weighted by Gasteiger charge is -2.33. The Kier molecular flexibility index (Phi) is 4.26. The van der Waals surface area contributed by atoms with Crippen LogP contribution in [0.4, 0.5) is 5.69 Å². The third-order valence-corrected chi connectivity index (χ3v) is 5.68. The molecule has 0 spiro atoms. The Morgan fingerprint density at radius 2 is 1.85 bits per heavy atom. The predicted molar refractivity (Wildman–Crippen MR) is 105 cm³/mol. The maximum absolute atomic E-state index is 6.13. The van der Waals surface area contributed by atoms with Gasteiger partial charge in [-0.05, 0) is 30.3 Å². The van der Waals surface area contributed by atoms with Gasteiger partial charge in [0, 0.05) is 22.7 Å². The van der Waals surface area contributed by atoms with E-state index in [-0.39, 0.29) is 0 Å². The fourth-order valence-electron chi connectivity index (χ4n) is 4.02. The van der Waals surface area contributed by atoms with Gasteiger partial charge in [0.1, 0.15) is 6.54 Å². The molecule has 0 unspecified atom stereocenters. The van der Waals surface area contributed by atoms with Gasteiger partial charge in [0.25, 0.3) is 0 Å². The first-order valence-electron chi connectivity index (χ1n) is 9.33. The van der Waals surface area contributed by atoms with E-state index in [0.29, 0.717) is 6.79 Å². The molecule has 1 saturated heterocycles. The van der Waals surface area contributed by atoms with Gasteiger partial charge in [-0.1, -0.05) is 11.6 Å². The fourth-order valence-corrected chi connectivity index (χ4v) is 4.19. The van der Waals surface area contributed by atoms with E-state index in [1.165, 1.54) is 16.6 Å². The third kappa shape index (κ3) is 3.29. The smallest absolute Gasteiger partial charge is 0.231 e. The van der Waals surface area contributed by atoms with Crippen molar-refractivity contribution in [3.63, 3.8) is 0 Å². The number of benzene rings is 2. The number of quaternary nitrogens is 1. The molecular weight excluding hydrogens is 362 g/mol. The molecular formula is C21H22ClN3O2+2. The monoisotopic (exact) mass is 383 g/mol. The minimum atomic E-state index is 0.331. The minimum Gasteiger partial charge on any atom is -0.454 e. The van der Waals surface area contributed by atoms with Crippen molar-refractivity contribution in [3.8, 4) is 11.5 Å². The van der Waals surface area contributed by atoms with E-state index in [4.69, 9.17) is 21.1 Å². The first-order chi connectivity index (χ1) is 13.3. The van der Waals surface area contributed by atoms with Crippen LogP contribution in [0.2, 0.25) is 5.02 Å². The van der Waals surface area contributed by atoms with Crippen LogP contribution >= 0.6 is 11.6 Å². The molecule has 0 bridgehead atoms. The second kappa shape index (κ2) is 6.91. The summed E-state index contributed by atoms with van der Waals surface area (Å²) in [5.41, 5.74) is 3.66. The molecule has 2 N–H and O–H groups in total. The Balaban J connectivity index is 1.28. The molecule has 0 aliphatic carbocycles. The highest BCUT2D eigenvalue weighted by molar-refractivity contribution is 6.31. The van der Waals surface area contributed by atoms with Crippen molar-refractivity contribution >= 4 is 28.2 Å². The maximum atomic E-state index is 6.13. The number of pyridine rings is 1. The quantitative estimate of drug-likeness (QED) is 0.751. The van der Waals surface area contributed by atoms with E-state index in [2.05, 4.69) is 34.1 Å². The lowest BCUT2D eigenvalue weighted by atomic mass is 10.1. The van der Waals surface area contributed by atoms with E-state index >= 15 is 0 Å². The van der Waals surface area contributed by atoms with Crippen molar-refractivity contribution in [1.29, 1.82) is 0 Å². The molecule has 6 heteroatoms. The van der Waals surface area contributed by atoms with Crippen LogP contribution < -0.4 is 24.3 Å². The van der Waals surface area contributed by atoms with Crippen molar-refractivity contribution in [1.82, 2.24) is 0 Å². The fraction of sp³-hybridized carbons (Fsp3) is 0.286. The van der Waals surface area contributed by atoms with Crippen LogP contribution in [-0.2, 0) is 6.54 Å². The Hall–Kier alpha value is -2.50. The van der Waals surface area contributed by atoms with Crippen molar-refractivity contribution in [2.45, 2.75) is 6.54 Å². The number of hydrogen-bond donors (Lipinski definition) is 1. The number of piperazine rings is 1. The summed E-state index contributed by atoms with van der Waals surface area (Å²) in [4.78, 5) is 7.37. The number of halogens is 1. The topological polar surface area (TPSA) is 40.3 Å². The van der Waals surface area contributed by atoms with Gasteiger partial charge in [0.05, 0.1) is 37.3 Å². The molecule has 5 rings (SSSR count). The Morgan fingerprint density at radius 1 is 1.00 bits per heavy atom. The Morgan fingerprint density at radius 3 is 2.74 bits per heavy atom. The minimum absolute atomic E-state index is 0.331. The maximum Gasteiger partial charge on any atom is 0.231 e. The summed E-state index contributed by atoms with van der Waals surface area (Å²) in [7, 11) is 0. The summed E-state index contributed by atoms with van der Waals surface area (Å²) in [6.07, 6.45) is 2.00.